The van der Waals surface area contributed by atoms with Crippen molar-refractivity contribution in [1.82, 2.24) is 14.7 Å². The van der Waals surface area contributed by atoms with E-state index in [4.69, 9.17) is 11.6 Å². The van der Waals surface area contributed by atoms with E-state index in [1.807, 2.05) is 6.07 Å². The summed E-state index contributed by atoms with van der Waals surface area (Å²) in [7, 11) is 0. The third-order valence-electron chi connectivity index (χ3n) is 5.42. The van der Waals surface area contributed by atoms with Gasteiger partial charge in [0.15, 0.2) is 5.69 Å². The Bertz CT molecular complexity index is 1240. The van der Waals surface area contributed by atoms with Crippen molar-refractivity contribution >= 4 is 28.8 Å². The zero-order valence-corrected chi connectivity index (χ0v) is 18.9. The van der Waals surface area contributed by atoms with Crippen molar-refractivity contribution in [2.75, 3.05) is 6.54 Å². The van der Waals surface area contributed by atoms with Crippen LogP contribution in [0, 0.1) is 11.8 Å². The number of nitrogens with zero attached hydrogens (tertiary/aromatic N) is 3. The molecule has 0 saturated heterocycles. The Hall–Kier alpha value is -2.76. The second-order valence-corrected chi connectivity index (χ2v) is 9.14. The molecule has 4 rings (SSSR count). The molecule has 0 unspecified atom stereocenters. The SMILES string of the molecule is CC#CC(=O)N1Cc2sc(Cl)cc2[C@H](c2ccccc2-c2cn(CC)nc2C(F)(F)F)C1. The highest BCUT2D eigenvalue weighted by Crippen LogP contribution is 2.44. The van der Waals surface area contributed by atoms with Crippen LogP contribution in [0.4, 0.5) is 13.2 Å². The van der Waals surface area contributed by atoms with E-state index in [0.29, 0.717) is 35.1 Å². The van der Waals surface area contributed by atoms with Crippen molar-refractivity contribution in [3.8, 4) is 23.0 Å². The van der Waals surface area contributed by atoms with Crippen LogP contribution < -0.4 is 0 Å². The Morgan fingerprint density at radius 2 is 2.03 bits per heavy atom. The molecule has 1 aliphatic rings. The molecule has 0 fully saturated rings. The second-order valence-electron chi connectivity index (χ2n) is 7.37. The van der Waals surface area contributed by atoms with Gasteiger partial charge in [-0.2, -0.15) is 18.3 Å². The summed E-state index contributed by atoms with van der Waals surface area (Å²) in [5, 5.41) is 3.77. The molecule has 32 heavy (non-hydrogen) atoms. The Balaban J connectivity index is 1.88. The molecule has 4 nitrogen and oxygen atoms in total. The van der Waals surface area contributed by atoms with Gasteiger partial charge in [0.1, 0.15) is 0 Å². The van der Waals surface area contributed by atoms with Gasteiger partial charge in [-0.15, -0.1) is 11.3 Å². The van der Waals surface area contributed by atoms with E-state index in [9.17, 15) is 18.0 Å². The first kappa shape index (κ1) is 22.4. The predicted octanol–water partition coefficient (Wildman–Crippen LogP) is 5.80. The molecule has 3 aromatic rings. The quantitative estimate of drug-likeness (QED) is 0.447. The van der Waals surface area contributed by atoms with Gasteiger partial charge in [-0.05, 0) is 42.5 Å². The Morgan fingerprint density at radius 3 is 2.72 bits per heavy atom. The van der Waals surface area contributed by atoms with E-state index >= 15 is 0 Å². The highest BCUT2D eigenvalue weighted by atomic mass is 35.5. The van der Waals surface area contributed by atoms with Crippen LogP contribution in [0.15, 0.2) is 36.5 Å². The third-order valence-corrected chi connectivity index (χ3v) is 6.69. The van der Waals surface area contributed by atoms with E-state index < -0.39 is 11.9 Å². The number of aryl methyl sites for hydroxylation is 1. The molecule has 0 N–H and O–H groups in total. The number of benzene rings is 1. The topological polar surface area (TPSA) is 38.1 Å². The number of alkyl halides is 3. The zero-order chi connectivity index (χ0) is 23.0. The maximum Gasteiger partial charge on any atom is 0.435 e. The van der Waals surface area contributed by atoms with Crippen molar-refractivity contribution in [3.05, 3.63) is 62.6 Å². The molecular weight excluding hydrogens is 459 g/mol. The molecule has 2 aromatic heterocycles. The smallest absolute Gasteiger partial charge is 0.326 e. The summed E-state index contributed by atoms with van der Waals surface area (Å²) < 4.78 is 43.2. The Labute approximate surface area is 192 Å². The van der Waals surface area contributed by atoms with E-state index in [2.05, 4.69) is 16.9 Å². The van der Waals surface area contributed by atoms with Crippen LogP contribution in [0.5, 0.6) is 0 Å². The van der Waals surface area contributed by atoms with Crippen LogP contribution >= 0.6 is 22.9 Å². The standard InChI is InChI=1S/C23H19ClF3N3OS/c1-3-7-21(31)29-11-17(16-10-20(24)32-19(16)13-29)14-8-5-6-9-15(14)18-12-30(4-2)28-22(18)23(25,26)27/h5-6,8-10,12,17H,4,11,13H2,1-2H3/t17-/m0/s1. The van der Waals surface area contributed by atoms with Crippen molar-refractivity contribution in [2.45, 2.75) is 39.0 Å². The highest BCUT2D eigenvalue weighted by Gasteiger charge is 2.39. The normalized spacial score (nSPS) is 15.8. The van der Waals surface area contributed by atoms with E-state index in [0.717, 1.165) is 10.4 Å². The van der Waals surface area contributed by atoms with Crippen LogP contribution in [0.1, 0.15) is 41.5 Å². The van der Waals surface area contributed by atoms with Crippen LogP contribution in [-0.4, -0.2) is 27.1 Å². The minimum Gasteiger partial charge on any atom is -0.326 e. The molecule has 1 atom stereocenters. The number of aromatic nitrogens is 2. The molecule has 0 aliphatic carbocycles. The highest BCUT2D eigenvalue weighted by molar-refractivity contribution is 7.16. The molecule has 1 aromatic carbocycles. The minimum absolute atomic E-state index is 0.0228. The van der Waals surface area contributed by atoms with Crippen molar-refractivity contribution in [2.24, 2.45) is 0 Å². The van der Waals surface area contributed by atoms with Gasteiger partial charge in [-0.3, -0.25) is 9.48 Å². The Morgan fingerprint density at radius 1 is 1.28 bits per heavy atom. The number of carbonyl (C=O) groups excluding carboxylic acids is 1. The van der Waals surface area contributed by atoms with Crippen LogP contribution in [0.25, 0.3) is 11.1 Å². The number of fused-ring (bicyclic) bond motifs is 1. The lowest BCUT2D eigenvalue weighted by Crippen LogP contribution is -2.37. The van der Waals surface area contributed by atoms with Gasteiger partial charge < -0.3 is 4.90 Å². The van der Waals surface area contributed by atoms with Gasteiger partial charge in [0.25, 0.3) is 5.91 Å². The second kappa shape index (κ2) is 8.64. The van der Waals surface area contributed by atoms with Crippen molar-refractivity contribution < 1.29 is 18.0 Å². The summed E-state index contributed by atoms with van der Waals surface area (Å²) in [5.41, 5.74) is 1.16. The monoisotopic (exact) mass is 477 g/mol. The first-order valence-electron chi connectivity index (χ1n) is 9.96. The molecule has 9 heteroatoms. The molecule has 3 heterocycles. The fraction of sp³-hybridized carbons (Fsp3) is 0.304. The van der Waals surface area contributed by atoms with Crippen LogP contribution in [-0.2, 0) is 24.1 Å². The summed E-state index contributed by atoms with van der Waals surface area (Å²) in [4.78, 5) is 15.1. The summed E-state index contributed by atoms with van der Waals surface area (Å²) in [5.74, 6) is 4.52. The fourth-order valence-corrected chi connectivity index (χ4v) is 5.38. The summed E-state index contributed by atoms with van der Waals surface area (Å²) in [6, 6.07) is 8.81. The van der Waals surface area contributed by atoms with Gasteiger partial charge in [0.05, 0.1) is 10.9 Å². The number of thiophene rings is 1. The fourth-order valence-electron chi connectivity index (χ4n) is 4.03. The van der Waals surface area contributed by atoms with Gasteiger partial charge in [0, 0.05) is 35.6 Å². The van der Waals surface area contributed by atoms with Crippen LogP contribution in [0.2, 0.25) is 4.34 Å². The Kier molecular flexibility index (Phi) is 6.06. The first-order valence-corrected chi connectivity index (χ1v) is 11.2. The van der Waals surface area contributed by atoms with Crippen molar-refractivity contribution in [1.29, 1.82) is 0 Å². The average molecular weight is 478 g/mol. The van der Waals surface area contributed by atoms with E-state index in [-0.39, 0.29) is 17.4 Å². The zero-order valence-electron chi connectivity index (χ0n) is 17.3. The third kappa shape index (κ3) is 4.15. The maximum atomic E-state index is 13.8. The molecule has 0 spiro atoms. The molecule has 0 bridgehead atoms. The minimum atomic E-state index is -4.59. The lowest BCUT2D eigenvalue weighted by molar-refractivity contribution is -0.141. The maximum absolute atomic E-state index is 13.8. The van der Waals surface area contributed by atoms with E-state index in [1.165, 1.54) is 22.2 Å². The van der Waals surface area contributed by atoms with Gasteiger partial charge in [-0.1, -0.05) is 41.8 Å². The number of carbonyl (C=O) groups is 1. The lowest BCUT2D eigenvalue weighted by Gasteiger charge is -2.33. The van der Waals surface area contributed by atoms with Crippen LogP contribution in [0.3, 0.4) is 0 Å². The van der Waals surface area contributed by atoms with Gasteiger partial charge in [0.2, 0.25) is 0 Å². The number of rotatable bonds is 3. The number of halogens is 4. The summed E-state index contributed by atoms with van der Waals surface area (Å²) in [6.45, 7) is 4.32. The number of amides is 1. The number of hydrogen-bond donors (Lipinski definition) is 0. The molecule has 1 amide bonds. The summed E-state index contributed by atoms with van der Waals surface area (Å²) >= 11 is 7.65. The molecule has 1 aliphatic heterocycles. The number of hydrogen-bond acceptors (Lipinski definition) is 3. The summed E-state index contributed by atoms with van der Waals surface area (Å²) in [6.07, 6.45) is -3.16. The van der Waals surface area contributed by atoms with Crippen molar-refractivity contribution in [3.63, 3.8) is 0 Å². The molecule has 0 saturated carbocycles. The molecule has 0 radical (unpaired) electrons. The first-order chi connectivity index (χ1) is 15.2. The lowest BCUT2D eigenvalue weighted by atomic mass is 9.84. The largest absolute Gasteiger partial charge is 0.435 e. The van der Waals surface area contributed by atoms with E-state index in [1.54, 1.807) is 43.0 Å². The van der Waals surface area contributed by atoms with Gasteiger partial charge >= 0.3 is 6.18 Å². The van der Waals surface area contributed by atoms with Gasteiger partial charge in [-0.25, -0.2) is 0 Å². The predicted molar refractivity (Wildman–Crippen MR) is 118 cm³/mol. The molecule has 166 valence electrons. The average Bonchev–Trinajstić information content (AvgIpc) is 3.36. The molecular formula is C23H19ClF3N3OS.